The third-order valence-electron chi connectivity index (χ3n) is 4.47. The van der Waals surface area contributed by atoms with E-state index in [-0.39, 0.29) is 5.91 Å². The van der Waals surface area contributed by atoms with Crippen molar-refractivity contribution in [2.24, 2.45) is 0 Å². The van der Waals surface area contributed by atoms with E-state index in [4.69, 9.17) is 4.74 Å². The molecule has 1 aliphatic heterocycles. The number of sulfone groups is 1. The van der Waals surface area contributed by atoms with Crippen molar-refractivity contribution in [3.05, 3.63) is 24.3 Å². The lowest BCUT2D eigenvalue weighted by molar-refractivity contribution is -0.133. The van der Waals surface area contributed by atoms with Crippen molar-refractivity contribution in [2.75, 3.05) is 44.6 Å². The van der Waals surface area contributed by atoms with Gasteiger partial charge in [0.05, 0.1) is 7.11 Å². The highest BCUT2D eigenvalue weighted by molar-refractivity contribution is 7.91. The Morgan fingerprint density at radius 3 is 2.46 bits per heavy atom. The molecule has 2 rings (SSSR count). The van der Waals surface area contributed by atoms with Gasteiger partial charge in [-0.15, -0.1) is 0 Å². The molecule has 144 valence electrons. The maximum atomic E-state index is 12.5. The van der Waals surface area contributed by atoms with Crippen LogP contribution in [0.4, 0.5) is 5.69 Å². The van der Waals surface area contributed by atoms with Crippen molar-refractivity contribution < 1.29 is 22.7 Å². The van der Waals surface area contributed by atoms with Crippen LogP contribution in [0.5, 0.6) is 5.75 Å². The summed E-state index contributed by atoms with van der Waals surface area (Å²) in [6, 6.07) is 7.27. The Morgan fingerprint density at radius 2 is 1.92 bits per heavy atom. The Balaban J connectivity index is 2.14. The summed E-state index contributed by atoms with van der Waals surface area (Å²) in [5.74, 6) is -0.443. The van der Waals surface area contributed by atoms with Crippen LogP contribution in [0.15, 0.2) is 24.3 Å². The van der Waals surface area contributed by atoms with Crippen LogP contribution < -0.4 is 15.4 Å². The molecule has 9 heteroatoms. The minimum Gasteiger partial charge on any atom is -0.497 e. The van der Waals surface area contributed by atoms with E-state index >= 15 is 0 Å². The summed E-state index contributed by atoms with van der Waals surface area (Å²) >= 11 is 0. The molecule has 0 aromatic heterocycles. The van der Waals surface area contributed by atoms with Gasteiger partial charge in [0.15, 0.2) is 9.84 Å². The number of rotatable bonds is 6. The zero-order valence-electron chi connectivity index (χ0n) is 15.2. The molecule has 0 saturated carbocycles. The lowest BCUT2D eigenvalue weighted by Crippen LogP contribution is -2.58. The van der Waals surface area contributed by atoms with Gasteiger partial charge in [0.1, 0.15) is 17.0 Å². The molecule has 2 amide bonds. The van der Waals surface area contributed by atoms with E-state index in [2.05, 4.69) is 10.6 Å². The molecule has 0 spiro atoms. The Bertz CT molecular complexity index is 770. The number of anilines is 1. The zero-order valence-corrected chi connectivity index (χ0v) is 16.1. The largest absolute Gasteiger partial charge is 0.497 e. The van der Waals surface area contributed by atoms with Gasteiger partial charge in [0.2, 0.25) is 11.8 Å². The van der Waals surface area contributed by atoms with Gasteiger partial charge >= 0.3 is 0 Å². The average molecular weight is 383 g/mol. The average Bonchev–Trinajstić information content (AvgIpc) is 2.60. The predicted molar refractivity (Wildman–Crippen MR) is 98.9 cm³/mol. The van der Waals surface area contributed by atoms with E-state index < -0.39 is 27.0 Å². The monoisotopic (exact) mass is 383 g/mol. The first kappa shape index (κ1) is 20.0. The Labute approximate surface area is 153 Å². The summed E-state index contributed by atoms with van der Waals surface area (Å²) in [7, 11) is -0.242. The molecule has 0 atom stereocenters. The number of nitrogens with zero attached hydrogens (tertiary/aromatic N) is 1. The number of piperidine rings is 1. The van der Waals surface area contributed by atoms with Gasteiger partial charge in [0.25, 0.3) is 0 Å². The van der Waals surface area contributed by atoms with Gasteiger partial charge < -0.3 is 20.3 Å². The molecule has 2 N–H and O–H groups in total. The third kappa shape index (κ3) is 4.87. The van der Waals surface area contributed by atoms with Crippen molar-refractivity contribution in [1.82, 2.24) is 10.2 Å². The SMILES string of the molecule is CNC(=O)C1(Nc2cccc(OC)c2)CCN(C(=O)CS(C)(=O)=O)CC1. The molecular weight excluding hydrogens is 358 g/mol. The van der Waals surface area contributed by atoms with Crippen molar-refractivity contribution in [1.29, 1.82) is 0 Å². The van der Waals surface area contributed by atoms with Crippen LogP contribution in [0, 0.1) is 0 Å². The van der Waals surface area contributed by atoms with Crippen molar-refractivity contribution in [3.63, 3.8) is 0 Å². The van der Waals surface area contributed by atoms with Crippen LogP contribution in [0.2, 0.25) is 0 Å². The summed E-state index contributed by atoms with van der Waals surface area (Å²) in [4.78, 5) is 26.2. The fraction of sp³-hybridized carbons (Fsp3) is 0.529. The van der Waals surface area contributed by atoms with Gasteiger partial charge in [-0.2, -0.15) is 0 Å². The van der Waals surface area contributed by atoms with E-state index in [0.717, 1.165) is 11.9 Å². The van der Waals surface area contributed by atoms with Crippen LogP contribution in [0.3, 0.4) is 0 Å². The number of likely N-dealkylation sites (tertiary alicyclic amines) is 1. The van der Waals surface area contributed by atoms with Gasteiger partial charge in [0, 0.05) is 38.1 Å². The molecule has 0 bridgehead atoms. The number of hydrogen-bond donors (Lipinski definition) is 2. The van der Waals surface area contributed by atoms with Gasteiger partial charge in [-0.1, -0.05) is 6.07 Å². The number of likely N-dealkylation sites (N-methyl/N-ethyl adjacent to an activating group) is 1. The highest BCUT2D eigenvalue weighted by Crippen LogP contribution is 2.29. The molecule has 1 saturated heterocycles. The van der Waals surface area contributed by atoms with E-state index in [9.17, 15) is 18.0 Å². The van der Waals surface area contributed by atoms with Crippen LogP contribution in [-0.4, -0.2) is 69.9 Å². The lowest BCUT2D eigenvalue weighted by Gasteiger charge is -2.41. The maximum Gasteiger partial charge on any atom is 0.245 e. The number of methoxy groups -OCH3 is 1. The van der Waals surface area contributed by atoms with Crippen molar-refractivity contribution in [2.45, 2.75) is 18.4 Å². The normalized spacial score (nSPS) is 16.7. The fourth-order valence-electron chi connectivity index (χ4n) is 3.08. The van der Waals surface area contributed by atoms with Crippen LogP contribution >= 0.6 is 0 Å². The first-order valence-electron chi connectivity index (χ1n) is 8.29. The molecule has 0 aliphatic carbocycles. The molecule has 0 radical (unpaired) electrons. The topological polar surface area (TPSA) is 105 Å². The van der Waals surface area contributed by atoms with Gasteiger partial charge in [-0.3, -0.25) is 9.59 Å². The molecule has 1 aliphatic rings. The number of benzene rings is 1. The number of hydrogen-bond acceptors (Lipinski definition) is 6. The van der Waals surface area contributed by atoms with Crippen LogP contribution in [0.25, 0.3) is 0 Å². The van der Waals surface area contributed by atoms with Crippen LogP contribution in [0.1, 0.15) is 12.8 Å². The minimum atomic E-state index is -3.38. The minimum absolute atomic E-state index is 0.171. The second-order valence-corrected chi connectivity index (χ2v) is 8.61. The zero-order chi connectivity index (χ0) is 19.4. The number of ether oxygens (including phenoxy) is 1. The summed E-state index contributed by atoms with van der Waals surface area (Å²) < 4.78 is 27.9. The quantitative estimate of drug-likeness (QED) is 0.730. The number of nitrogens with one attached hydrogen (secondary N) is 2. The first-order chi connectivity index (χ1) is 12.2. The highest BCUT2D eigenvalue weighted by atomic mass is 32.2. The summed E-state index contributed by atoms with van der Waals surface area (Å²) in [5.41, 5.74) is -0.132. The lowest BCUT2D eigenvalue weighted by atomic mass is 9.86. The number of carbonyl (C=O) groups is 2. The third-order valence-corrected chi connectivity index (χ3v) is 5.24. The van der Waals surface area contributed by atoms with E-state index in [0.29, 0.717) is 31.7 Å². The first-order valence-corrected chi connectivity index (χ1v) is 10.3. The van der Waals surface area contributed by atoms with Crippen molar-refractivity contribution >= 4 is 27.3 Å². The Kier molecular flexibility index (Phi) is 6.12. The number of carbonyl (C=O) groups excluding carboxylic acids is 2. The second-order valence-electron chi connectivity index (χ2n) is 6.47. The van der Waals surface area contributed by atoms with E-state index in [1.807, 2.05) is 18.2 Å². The summed E-state index contributed by atoms with van der Waals surface area (Å²) in [5, 5.41) is 5.95. The molecule has 1 fully saturated rings. The molecule has 1 heterocycles. The standard InChI is InChI=1S/C17H25N3O5S/c1-18-16(22)17(19-13-5-4-6-14(11-13)25-2)7-9-20(10-8-17)15(21)12-26(3,23)24/h4-6,11,19H,7-10,12H2,1-3H3,(H,18,22). The second kappa shape index (κ2) is 7.94. The van der Waals surface area contributed by atoms with Gasteiger partial charge in [-0.05, 0) is 25.0 Å². The smallest absolute Gasteiger partial charge is 0.245 e. The van der Waals surface area contributed by atoms with E-state index in [1.165, 1.54) is 4.90 Å². The molecular formula is C17H25N3O5S. The molecule has 8 nitrogen and oxygen atoms in total. The predicted octanol–water partition coefficient (Wildman–Crippen LogP) is 0.259. The maximum absolute atomic E-state index is 12.5. The van der Waals surface area contributed by atoms with Crippen molar-refractivity contribution in [3.8, 4) is 5.75 Å². The molecule has 1 aromatic rings. The molecule has 26 heavy (non-hydrogen) atoms. The van der Waals surface area contributed by atoms with E-state index in [1.54, 1.807) is 20.2 Å². The number of amides is 2. The molecule has 0 unspecified atom stereocenters. The Morgan fingerprint density at radius 1 is 1.27 bits per heavy atom. The fourth-order valence-corrected chi connectivity index (χ4v) is 3.71. The molecule has 1 aromatic carbocycles. The summed E-state index contributed by atoms with van der Waals surface area (Å²) in [6.07, 6.45) is 1.78. The highest BCUT2D eigenvalue weighted by Gasteiger charge is 2.42. The van der Waals surface area contributed by atoms with Crippen LogP contribution in [-0.2, 0) is 19.4 Å². The Hall–Kier alpha value is -2.29. The summed E-state index contributed by atoms with van der Waals surface area (Å²) in [6.45, 7) is 0.609. The van der Waals surface area contributed by atoms with Gasteiger partial charge in [-0.25, -0.2) is 8.42 Å².